The van der Waals surface area contributed by atoms with E-state index in [1.807, 2.05) is 11.3 Å². The van der Waals surface area contributed by atoms with E-state index in [-0.39, 0.29) is 0 Å². The minimum Gasteiger partial charge on any atom is -0.361 e. The van der Waals surface area contributed by atoms with Crippen LogP contribution >= 0.6 is 27.3 Å². The summed E-state index contributed by atoms with van der Waals surface area (Å²) in [5, 5.41) is 6.03. The van der Waals surface area contributed by atoms with Gasteiger partial charge in [0.25, 0.3) is 0 Å². The number of nitrogens with zero attached hydrogens (tertiary/aromatic N) is 2. The summed E-state index contributed by atoms with van der Waals surface area (Å²) < 4.78 is 0.886. The van der Waals surface area contributed by atoms with Gasteiger partial charge in [-0.05, 0) is 71.0 Å². The van der Waals surface area contributed by atoms with E-state index in [1.54, 1.807) is 4.88 Å². The fraction of sp³-hybridized carbons (Fsp3) is 0.579. The molecule has 24 heavy (non-hydrogen) atoms. The van der Waals surface area contributed by atoms with Gasteiger partial charge in [-0.25, -0.2) is 9.97 Å². The molecular formula is C19H26BrN3S. The Bertz CT molecular complexity index is 698. The van der Waals surface area contributed by atoms with Crippen molar-refractivity contribution in [3.63, 3.8) is 0 Å². The fourth-order valence-corrected chi connectivity index (χ4v) is 5.19. The SMILES string of the molecule is CCC[C@H]1CCc2sccc2[C@@H]1Nc1nc(CC)c(Br)nc1CC. The molecular weight excluding hydrogens is 382 g/mol. The van der Waals surface area contributed by atoms with Gasteiger partial charge in [-0.15, -0.1) is 11.3 Å². The van der Waals surface area contributed by atoms with Crippen molar-refractivity contribution in [2.45, 2.75) is 65.3 Å². The third kappa shape index (κ3) is 3.52. The Balaban J connectivity index is 1.96. The van der Waals surface area contributed by atoms with Gasteiger partial charge in [-0.3, -0.25) is 0 Å². The second-order valence-electron chi connectivity index (χ2n) is 6.47. The molecule has 2 aromatic heterocycles. The molecule has 2 aromatic rings. The molecule has 0 bridgehead atoms. The van der Waals surface area contributed by atoms with Crippen LogP contribution in [0.3, 0.4) is 0 Å². The van der Waals surface area contributed by atoms with Crippen molar-refractivity contribution >= 4 is 33.1 Å². The highest BCUT2D eigenvalue weighted by molar-refractivity contribution is 9.10. The van der Waals surface area contributed by atoms with Gasteiger partial charge >= 0.3 is 0 Å². The van der Waals surface area contributed by atoms with Gasteiger partial charge in [0.05, 0.1) is 17.4 Å². The lowest BCUT2D eigenvalue weighted by molar-refractivity contribution is 0.372. The number of nitrogens with one attached hydrogen (secondary N) is 1. The fourth-order valence-electron chi connectivity index (χ4n) is 3.66. The Morgan fingerprint density at radius 3 is 2.71 bits per heavy atom. The van der Waals surface area contributed by atoms with Crippen molar-refractivity contribution in [3.8, 4) is 0 Å². The molecule has 0 radical (unpaired) electrons. The van der Waals surface area contributed by atoms with Crippen LogP contribution in [0, 0.1) is 5.92 Å². The average molecular weight is 408 g/mol. The zero-order valence-electron chi connectivity index (χ0n) is 14.7. The molecule has 0 aromatic carbocycles. The van der Waals surface area contributed by atoms with Gasteiger partial charge in [-0.2, -0.15) is 0 Å². The van der Waals surface area contributed by atoms with E-state index < -0.39 is 0 Å². The number of aryl methyl sites for hydroxylation is 3. The van der Waals surface area contributed by atoms with E-state index in [9.17, 15) is 0 Å². The Labute approximate surface area is 157 Å². The Morgan fingerprint density at radius 2 is 2.00 bits per heavy atom. The van der Waals surface area contributed by atoms with E-state index in [0.29, 0.717) is 12.0 Å². The number of anilines is 1. The third-order valence-corrected chi connectivity index (χ3v) is 6.57. The average Bonchev–Trinajstić information content (AvgIpc) is 3.07. The molecule has 1 aliphatic carbocycles. The molecule has 2 heterocycles. The maximum Gasteiger partial charge on any atom is 0.148 e. The van der Waals surface area contributed by atoms with Crippen molar-refractivity contribution in [1.82, 2.24) is 9.97 Å². The molecule has 5 heteroatoms. The molecule has 0 saturated heterocycles. The van der Waals surface area contributed by atoms with E-state index in [2.05, 4.69) is 53.5 Å². The third-order valence-electron chi connectivity index (χ3n) is 4.94. The summed E-state index contributed by atoms with van der Waals surface area (Å²) in [4.78, 5) is 11.2. The number of rotatable bonds is 6. The van der Waals surface area contributed by atoms with Crippen LogP contribution in [-0.2, 0) is 19.3 Å². The maximum absolute atomic E-state index is 4.89. The second kappa shape index (κ2) is 7.96. The minimum absolute atomic E-state index is 0.366. The first kappa shape index (κ1) is 17.9. The molecule has 130 valence electrons. The van der Waals surface area contributed by atoms with E-state index in [0.717, 1.165) is 34.7 Å². The van der Waals surface area contributed by atoms with Crippen molar-refractivity contribution in [3.05, 3.63) is 37.9 Å². The molecule has 0 fully saturated rings. The van der Waals surface area contributed by atoms with Gasteiger partial charge < -0.3 is 5.32 Å². The molecule has 1 N–H and O–H groups in total. The van der Waals surface area contributed by atoms with Gasteiger partial charge in [0, 0.05) is 4.88 Å². The predicted octanol–water partition coefficient (Wildman–Crippen LogP) is 5.94. The summed E-state index contributed by atoms with van der Waals surface area (Å²) in [5.41, 5.74) is 3.56. The lowest BCUT2D eigenvalue weighted by atomic mass is 9.81. The Kier molecular flexibility index (Phi) is 5.93. The van der Waals surface area contributed by atoms with Crippen LogP contribution in [0.4, 0.5) is 5.82 Å². The molecule has 0 aliphatic heterocycles. The highest BCUT2D eigenvalue weighted by atomic mass is 79.9. The lowest BCUT2D eigenvalue weighted by Crippen LogP contribution is -2.27. The molecule has 3 nitrogen and oxygen atoms in total. The van der Waals surface area contributed by atoms with Crippen LogP contribution in [0.2, 0.25) is 0 Å². The van der Waals surface area contributed by atoms with E-state index >= 15 is 0 Å². The number of fused-ring (bicyclic) bond motifs is 1. The summed E-state index contributed by atoms with van der Waals surface area (Å²) in [7, 11) is 0. The van der Waals surface area contributed by atoms with Crippen LogP contribution in [0.15, 0.2) is 16.0 Å². The highest BCUT2D eigenvalue weighted by Gasteiger charge is 2.30. The largest absolute Gasteiger partial charge is 0.361 e. The van der Waals surface area contributed by atoms with Crippen LogP contribution in [0.25, 0.3) is 0 Å². The quantitative estimate of drug-likeness (QED) is 0.643. The number of halogens is 1. The van der Waals surface area contributed by atoms with Crippen molar-refractivity contribution in [2.75, 3.05) is 5.32 Å². The zero-order chi connectivity index (χ0) is 17.1. The first-order chi connectivity index (χ1) is 11.7. The normalized spacial score (nSPS) is 20.0. The molecule has 2 atom stereocenters. The summed E-state index contributed by atoms with van der Waals surface area (Å²) in [6, 6.07) is 2.67. The first-order valence-electron chi connectivity index (χ1n) is 9.05. The first-order valence-corrected chi connectivity index (χ1v) is 10.7. The van der Waals surface area contributed by atoms with Gasteiger partial charge in [0.2, 0.25) is 0 Å². The van der Waals surface area contributed by atoms with Crippen LogP contribution in [0.1, 0.15) is 67.9 Å². The zero-order valence-corrected chi connectivity index (χ0v) is 17.1. The molecule has 3 rings (SSSR count). The van der Waals surface area contributed by atoms with Gasteiger partial charge in [0.15, 0.2) is 0 Å². The number of thiophene rings is 1. The second-order valence-corrected chi connectivity index (χ2v) is 8.22. The minimum atomic E-state index is 0.366. The summed E-state index contributed by atoms with van der Waals surface area (Å²) in [6.45, 7) is 6.56. The number of aromatic nitrogens is 2. The number of hydrogen-bond donors (Lipinski definition) is 1. The predicted molar refractivity (Wildman–Crippen MR) is 106 cm³/mol. The van der Waals surface area contributed by atoms with Crippen molar-refractivity contribution in [1.29, 1.82) is 0 Å². The lowest BCUT2D eigenvalue weighted by Gasteiger charge is -2.33. The van der Waals surface area contributed by atoms with Gasteiger partial charge in [0.1, 0.15) is 10.4 Å². The van der Waals surface area contributed by atoms with Crippen LogP contribution in [-0.4, -0.2) is 9.97 Å². The summed E-state index contributed by atoms with van der Waals surface area (Å²) in [5.74, 6) is 1.65. The maximum atomic E-state index is 4.89. The highest BCUT2D eigenvalue weighted by Crippen LogP contribution is 2.41. The molecule has 0 saturated carbocycles. The molecule has 0 unspecified atom stereocenters. The van der Waals surface area contributed by atoms with E-state index in [4.69, 9.17) is 9.97 Å². The van der Waals surface area contributed by atoms with Crippen molar-refractivity contribution in [2.24, 2.45) is 5.92 Å². The number of hydrogen-bond acceptors (Lipinski definition) is 4. The van der Waals surface area contributed by atoms with Crippen molar-refractivity contribution < 1.29 is 0 Å². The smallest absolute Gasteiger partial charge is 0.148 e. The van der Waals surface area contributed by atoms with Gasteiger partial charge in [-0.1, -0.05) is 27.2 Å². The standard InChI is InChI=1S/C19H26BrN3S/c1-4-7-12-8-9-16-13(10-11-24-16)17(12)23-19-15(6-3)21-18(20)14(5-2)22-19/h10-12,17H,4-9H2,1-3H3,(H,22,23)/t12-,17+/m0/s1. The van der Waals surface area contributed by atoms with E-state index in [1.165, 1.54) is 31.2 Å². The van der Waals surface area contributed by atoms with Crippen LogP contribution < -0.4 is 5.32 Å². The summed E-state index contributed by atoms with van der Waals surface area (Å²) >= 11 is 5.46. The van der Waals surface area contributed by atoms with Crippen LogP contribution in [0.5, 0.6) is 0 Å². The summed E-state index contributed by atoms with van der Waals surface area (Å²) in [6.07, 6.45) is 6.76. The molecule has 0 amide bonds. The Hall–Kier alpha value is -0.940. The monoisotopic (exact) mass is 407 g/mol. The molecule has 0 spiro atoms. The molecule has 1 aliphatic rings. The topological polar surface area (TPSA) is 37.8 Å². The Morgan fingerprint density at radius 1 is 1.21 bits per heavy atom.